The Morgan fingerprint density at radius 1 is 1.13 bits per heavy atom. The Kier molecular flexibility index (Phi) is 4.39. The van der Waals surface area contributed by atoms with Gasteiger partial charge in [0.15, 0.2) is 0 Å². The maximum Gasteiger partial charge on any atom is 0.221 e. The molecule has 4 heteroatoms. The van der Waals surface area contributed by atoms with E-state index in [-0.39, 0.29) is 12.5 Å². The number of rotatable bonds is 5. The Hall–Kier alpha value is -3.06. The first kappa shape index (κ1) is 14.9. The van der Waals surface area contributed by atoms with Crippen LogP contribution in [0.3, 0.4) is 0 Å². The van der Waals surface area contributed by atoms with Gasteiger partial charge in [-0.3, -0.25) is 9.36 Å². The maximum absolute atomic E-state index is 11.8. The van der Waals surface area contributed by atoms with Gasteiger partial charge in [-0.05, 0) is 24.3 Å². The van der Waals surface area contributed by atoms with Crippen LogP contribution in [0.2, 0.25) is 0 Å². The summed E-state index contributed by atoms with van der Waals surface area (Å²) in [7, 11) is 0. The predicted octanol–water partition coefficient (Wildman–Crippen LogP) is 2.71. The van der Waals surface area contributed by atoms with Crippen LogP contribution in [0.4, 0.5) is 0 Å². The van der Waals surface area contributed by atoms with E-state index in [0.717, 1.165) is 22.5 Å². The fraction of sp³-hybridized carbons (Fsp3) is 0.158. The Balaban J connectivity index is 1.94. The van der Waals surface area contributed by atoms with Crippen molar-refractivity contribution in [2.75, 3.05) is 6.54 Å². The van der Waals surface area contributed by atoms with Gasteiger partial charge in [0.1, 0.15) is 5.82 Å². The van der Waals surface area contributed by atoms with Crippen molar-refractivity contribution in [3.8, 4) is 18.0 Å². The van der Waals surface area contributed by atoms with Crippen molar-refractivity contribution in [1.82, 2.24) is 14.9 Å². The summed E-state index contributed by atoms with van der Waals surface area (Å²) in [6.45, 7) is 0.258. The number of aryl methyl sites for hydroxylation is 1. The van der Waals surface area contributed by atoms with Gasteiger partial charge in [0.05, 0.1) is 17.6 Å². The van der Waals surface area contributed by atoms with Crippen LogP contribution in [0, 0.1) is 12.3 Å². The Morgan fingerprint density at radius 2 is 1.87 bits per heavy atom. The number of amides is 1. The van der Waals surface area contributed by atoms with Crippen molar-refractivity contribution in [2.24, 2.45) is 0 Å². The summed E-state index contributed by atoms with van der Waals surface area (Å²) < 4.78 is 2.10. The average Bonchev–Trinajstić information content (AvgIpc) is 2.97. The largest absolute Gasteiger partial charge is 0.345 e. The number of nitrogens with zero attached hydrogens (tertiary/aromatic N) is 2. The predicted molar refractivity (Wildman–Crippen MR) is 91.2 cm³/mol. The van der Waals surface area contributed by atoms with E-state index in [1.165, 1.54) is 0 Å². The fourth-order valence-electron chi connectivity index (χ4n) is 2.57. The third-order valence-electron chi connectivity index (χ3n) is 3.61. The molecule has 0 unspecified atom stereocenters. The molecule has 23 heavy (non-hydrogen) atoms. The lowest BCUT2D eigenvalue weighted by Crippen LogP contribution is -2.24. The van der Waals surface area contributed by atoms with E-state index in [4.69, 9.17) is 6.42 Å². The molecule has 0 saturated heterocycles. The minimum absolute atomic E-state index is 0.0605. The van der Waals surface area contributed by atoms with Crippen LogP contribution in [0.1, 0.15) is 12.2 Å². The zero-order valence-electron chi connectivity index (χ0n) is 12.7. The summed E-state index contributed by atoms with van der Waals surface area (Å²) >= 11 is 0. The van der Waals surface area contributed by atoms with E-state index in [1.54, 1.807) is 0 Å². The Bertz CT molecular complexity index is 859. The minimum Gasteiger partial charge on any atom is -0.345 e. The van der Waals surface area contributed by atoms with Gasteiger partial charge in [-0.15, -0.1) is 6.42 Å². The smallest absolute Gasteiger partial charge is 0.221 e. The average molecular weight is 303 g/mol. The fourth-order valence-corrected chi connectivity index (χ4v) is 2.57. The quantitative estimate of drug-likeness (QED) is 0.737. The normalized spacial score (nSPS) is 10.4. The zero-order chi connectivity index (χ0) is 16.1. The van der Waals surface area contributed by atoms with Gasteiger partial charge in [0.2, 0.25) is 5.91 Å². The molecule has 0 bridgehead atoms. The van der Waals surface area contributed by atoms with Gasteiger partial charge in [0, 0.05) is 18.5 Å². The summed E-state index contributed by atoms with van der Waals surface area (Å²) in [6, 6.07) is 18.0. The topological polar surface area (TPSA) is 46.9 Å². The molecular weight excluding hydrogens is 286 g/mol. The van der Waals surface area contributed by atoms with E-state index in [9.17, 15) is 4.79 Å². The van der Waals surface area contributed by atoms with Crippen LogP contribution >= 0.6 is 0 Å². The molecule has 1 heterocycles. The molecular formula is C19H17N3O. The van der Waals surface area contributed by atoms with Gasteiger partial charge in [0.25, 0.3) is 0 Å². The van der Waals surface area contributed by atoms with E-state index >= 15 is 0 Å². The van der Waals surface area contributed by atoms with Crippen LogP contribution in [0.15, 0.2) is 54.6 Å². The standard InChI is InChI=1S/C19H17N3O/c1-2-14-20-19(23)13-12-18-21-16-10-6-7-11-17(16)22(18)15-8-4-3-5-9-15/h1,3-11H,12-14H2,(H,20,23). The van der Waals surface area contributed by atoms with Gasteiger partial charge in [-0.1, -0.05) is 36.3 Å². The molecule has 114 valence electrons. The molecule has 3 aromatic rings. The number of carbonyl (C=O) groups is 1. The van der Waals surface area contributed by atoms with Crippen molar-refractivity contribution in [2.45, 2.75) is 12.8 Å². The van der Waals surface area contributed by atoms with Crippen LogP contribution in [0.5, 0.6) is 0 Å². The number of nitrogens with one attached hydrogen (secondary N) is 1. The molecule has 0 fully saturated rings. The van der Waals surface area contributed by atoms with Crippen LogP contribution in [-0.4, -0.2) is 22.0 Å². The number of hydrogen-bond acceptors (Lipinski definition) is 2. The molecule has 1 N–H and O–H groups in total. The SMILES string of the molecule is C#CCNC(=O)CCc1nc2ccccc2n1-c1ccccc1. The molecule has 0 radical (unpaired) electrons. The number of carbonyl (C=O) groups excluding carboxylic acids is 1. The van der Waals surface area contributed by atoms with Crippen LogP contribution in [-0.2, 0) is 11.2 Å². The van der Waals surface area contributed by atoms with E-state index in [1.807, 2.05) is 54.6 Å². The highest BCUT2D eigenvalue weighted by Crippen LogP contribution is 2.22. The molecule has 0 saturated carbocycles. The summed E-state index contributed by atoms with van der Waals surface area (Å²) in [6.07, 6.45) is 6.07. The molecule has 0 aliphatic rings. The van der Waals surface area contributed by atoms with Crippen LogP contribution < -0.4 is 5.32 Å². The molecule has 0 spiro atoms. The summed E-state index contributed by atoms with van der Waals surface area (Å²) in [5.74, 6) is 3.21. The number of benzene rings is 2. The third-order valence-corrected chi connectivity index (χ3v) is 3.61. The zero-order valence-corrected chi connectivity index (χ0v) is 12.7. The second-order valence-electron chi connectivity index (χ2n) is 5.17. The van der Waals surface area contributed by atoms with Crippen molar-refractivity contribution < 1.29 is 4.79 Å². The molecule has 1 aromatic heterocycles. The first-order valence-corrected chi connectivity index (χ1v) is 7.51. The van der Waals surface area contributed by atoms with Crippen molar-refractivity contribution in [3.63, 3.8) is 0 Å². The highest BCUT2D eigenvalue weighted by Gasteiger charge is 2.13. The third kappa shape index (κ3) is 3.24. The van der Waals surface area contributed by atoms with E-state index in [2.05, 4.69) is 20.8 Å². The molecule has 4 nitrogen and oxygen atoms in total. The molecule has 3 rings (SSSR count). The molecule has 0 aliphatic heterocycles. The molecule has 0 aliphatic carbocycles. The van der Waals surface area contributed by atoms with Gasteiger partial charge in [-0.25, -0.2) is 4.98 Å². The lowest BCUT2D eigenvalue weighted by molar-refractivity contribution is -0.120. The maximum atomic E-state index is 11.8. The lowest BCUT2D eigenvalue weighted by Gasteiger charge is -2.09. The van der Waals surface area contributed by atoms with Crippen molar-refractivity contribution in [3.05, 3.63) is 60.4 Å². The van der Waals surface area contributed by atoms with E-state index < -0.39 is 0 Å². The monoisotopic (exact) mass is 303 g/mol. The van der Waals surface area contributed by atoms with Gasteiger partial charge >= 0.3 is 0 Å². The number of hydrogen-bond donors (Lipinski definition) is 1. The first-order valence-electron chi connectivity index (χ1n) is 7.51. The van der Waals surface area contributed by atoms with Gasteiger partial charge < -0.3 is 5.32 Å². The van der Waals surface area contributed by atoms with Crippen LogP contribution in [0.25, 0.3) is 16.7 Å². The Morgan fingerprint density at radius 3 is 2.65 bits per heavy atom. The summed E-state index contributed by atoms with van der Waals surface area (Å²) in [4.78, 5) is 16.5. The molecule has 1 amide bonds. The second-order valence-corrected chi connectivity index (χ2v) is 5.17. The molecule has 0 atom stereocenters. The first-order chi connectivity index (χ1) is 11.3. The molecule has 2 aromatic carbocycles. The summed E-state index contributed by atoms with van der Waals surface area (Å²) in [5, 5.41) is 2.68. The van der Waals surface area contributed by atoms with E-state index in [0.29, 0.717) is 12.8 Å². The summed E-state index contributed by atoms with van der Waals surface area (Å²) in [5.41, 5.74) is 3.01. The number of para-hydroxylation sites is 3. The van der Waals surface area contributed by atoms with Gasteiger partial charge in [-0.2, -0.15) is 0 Å². The van der Waals surface area contributed by atoms with Crippen molar-refractivity contribution in [1.29, 1.82) is 0 Å². The minimum atomic E-state index is -0.0605. The highest BCUT2D eigenvalue weighted by molar-refractivity contribution is 5.79. The number of terminal acetylenes is 1. The highest BCUT2D eigenvalue weighted by atomic mass is 16.1. The lowest BCUT2D eigenvalue weighted by atomic mass is 10.2. The van der Waals surface area contributed by atoms with Crippen molar-refractivity contribution >= 4 is 16.9 Å². The number of fused-ring (bicyclic) bond motifs is 1. The second kappa shape index (κ2) is 6.80. The Labute approximate surface area is 135 Å². The number of aromatic nitrogens is 2. The number of imidazole rings is 1.